The average Bonchev–Trinajstić information content (AvgIpc) is 3.08. The van der Waals surface area contributed by atoms with Crippen LogP contribution < -0.4 is 0 Å². The highest BCUT2D eigenvalue weighted by Crippen LogP contribution is 2.34. The summed E-state index contributed by atoms with van der Waals surface area (Å²) >= 11 is 0. The van der Waals surface area contributed by atoms with Crippen molar-refractivity contribution in [2.24, 2.45) is 0 Å². The minimum Gasteiger partial charge on any atom is -0.351 e. The van der Waals surface area contributed by atoms with Crippen LogP contribution in [0, 0.1) is 6.92 Å². The minimum atomic E-state index is 0.0700. The van der Waals surface area contributed by atoms with Gasteiger partial charge in [0.05, 0.1) is 11.7 Å². The van der Waals surface area contributed by atoms with Crippen molar-refractivity contribution in [2.45, 2.75) is 45.6 Å². The Labute approximate surface area is 154 Å². The van der Waals surface area contributed by atoms with Crippen LogP contribution in [0.5, 0.6) is 0 Å². The van der Waals surface area contributed by atoms with Crippen molar-refractivity contribution in [1.29, 1.82) is 0 Å². The molecule has 4 nitrogen and oxygen atoms in total. The van der Waals surface area contributed by atoms with Crippen LogP contribution >= 0.6 is 0 Å². The number of aromatic nitrogens is 2. The van der Waals surface area contributed by atoms with Crippen molar-refractivity contribution in [3.63, 3.8) is 0 Å². The largest absolute Gasteiger partial charge is 0.351 e. The number of aryl methyl sites for hydroxylation is 2. The van der Waals surface area contributed by atoms with E-state index in [9.17, 15) is 4.79 Å². The van der Waals surface area contributed by atoms with Gasteiger partial charge in [-0.3, -0.25) is 9.78 Å². The number of nitrogens with zero attached hydrogens (tertiary/aromatic N) is 2. The molecule has 0 aliphatic heterocycles. The maximum absolute atomic E-state index is 13.4. The van der Waals surface area contributed by atoms with Crippen LogP contribution in [-0.2, 0) is 6.42 Å². The first-order valence-electron chi connectivity index (χ1n) is 9.51. The Morgan fingerprint density at radius 2 is 2.19 bits per heavy atom. The lowest BCUT2D eigenvalue weighted by atomic mass is 9.90. The maximum atomic E-state index is 13.4. The van der Waals surface area contributed by atoms with E-state index in [2.05, 4.69) is 48.1 Å². The maximum Gasteiger partial charge on any atom is 0.270 e. The number of rotatable bonds is 4. The lowest BCUT2D eigenvalue weighted by molar-refractivity contribution is 0.0647. The zero-order valence-corrected chi connectivity index (χ0v) is 15.5. The zero-order chi connectivity index (χ0) is 18.1. The molecule has 0 saturated heterocycles. The highest BCUT2D eigenvalue weighted by molar-refractivity contribution is 5.98. The van der Waals surface area contributed by atoms with Gasteiger partial charge in [0.1, 0.15) is 5.69 Å². The van der Waals surface area contributed by atoms with Crippen molar-refractivity contribution in [3.05, 3.63) is 65.1 Å². The summed E-state index contributed by atoms with van der Waals surface area (Å²) in [5.41, 5.74) is 5.24. The van der Waals surface area contributed by atoms with Crippen LogP contribution in [-0.4, -0.2) is 27.3 Å². The standard InChI is InChI=1S/C22H25N3O/c1-3-12-25(20-8-4-6-16-7-5-11-23-21(16)20)22(26)19-14-17-10-9-15(2)13-18(17)24-19/h5,7,9-11,13-14,20,24H,3-4,6,8,12H2,1-2H3/t20-/m0/s1. The molecule has 4 rings (SSSR count). The molecule has 0 bridgehead atoms. The quantitative estimate of drug-likeness (QED) is 0.737. The van der Waals surface area contributed by atoms with Gasteiger partial charge in [0.15, 0.2) is 0 Å². The number of fused-ring (bicyclic) bond motifs is 2. The van der Waals surface area contributed by atoms with Crippen LogP contribution in [0.2, 0.25) is 0 Å². The van der Waals surface area contributed by atoms with E-state index in [4.69, 9.17) is 0 Å². The highest BCUT2D eigenvalue weighted by Gasteiger charge is 2.31. The number of nitrogens with one attached hydrogen (secondary N) is 1. The lowest BCUT2D eigenvalue weighted by Crippen LogP contribution is -2.38. The first kappa shape index (κ1) is 16.8. The summed E-state index contributed by atoms with van der Waals surface area (Å²) in [6.45, 7) is 4.93. The first-order valence-corrected chi connectivity index (χ1v) is 9.51. The molecule has 0 saturated carbocycles. The van der Waals surface area contributed by atoms with E-state index < -0.39 is 0 Å². The van der Waals surface area contributed by atoms with Gasteiger partial charge in [0.25, 0.3) is 5.91 Å². The lowest BCUT2D eigenvalue weighted by Gasteiger charge is -2.34. The van der Waals surface area contributed by atoms with Crippen molar-refractivity contribution in [1.82, 2.24) is 14.9 Å². The smallest absolute Gasteiger partial charge is 0.270 e. The van der Waals surface area contributed by atoms with Crippen LogP contribution in [0.1, 0.15) is 59.5 Å². The second-order valence-corrected chi connectivity index (χ2v) is 7.23. The summed E-state index contributed by atoms with van der Waals surface area (Å²) in [5, 5.41) is 1.08. The number of carbonyl (C=O) groups is 1. The predicted molar refractivity (Wildman–Crippen MR) is 104 cm³/mol. The SMILES string of the molecule is CCCN(C(=O)c1cc2ccc(C)cc2[nH]1)[C@H]1CCCc2cccnc21. The number of hydrogen-bond donors (Lipinski definition) is 1. The van der Waals surface area contributed by atoms with Gasteiger partial charge >= 0.3 is 0 Å². The van der Waals surface area contributed by atoms with Crippen LogP contribution in [0.15, 0.2) is 42.6 Å². The minimum absolute atomic E-state index is 0.0700. The fourth-order valence-corrected chi connectivity index (χ4v) is 4.04. The molecule has 1 atom stereocenters. The van der Waals surface area contributed by atoms with Crippen molar-refractivity contribution in [3.8, 4) is 0 Å². The molecule has 3 aromatic rings. The molecule has 1 amide bonds. The van der Waals surface area contributed by atoms with Crippen LogP contribution in [0.25, 0.3) is 10.9 Å². The molecule has 0 spiro atoms. The molecule has 0 fully saturated rings. The molecule has 0 radical (unpaired) electrons. The summed E-state index contributed by atoms with van der Waals surface area (Å²) in [6.07, 6.45) is 5.92. The normalized spacial score (nSPS) is 16.5. The highest BCUT2D eigenvalue weighted by atomic mass is 16.2. The Morgan fingerprint density at radius 1 is 1.31 bits per heavy atom. The van der Waals surface area contributed by atoms with E-state index in [1.165, 1.54) is 11.1 Å². The third-order valence-electron chi connectivity index (χ3n) is 5.28. The Morgan fingerprint density at radius 3 is 3.04 bits per heavy atom. The first-order chi connectivity index (χ1) is 12.7. The molecular weight excluding hydrogens is 322 g/mol. The van der Waals surface area contributed by atoms with Crippen molar-refractivity contribution < 1.29 is 4.79 Å². The number of H-pyrrole nitrogens is 1. The van der Waals surface area contributed by atoms with E-state index in [0.29, 0.717) is 5.69 Å². The molecule has 1 aliphatic carbocycles. The van der Waals surface area contributed by atoms with Gasteiger partial charge in [-0.2, -0.15) is 0 Å². The second-order valence-electron chi connectivity index (χ2n) is 7.23. The molecule has 1 aliphatic rings. The number of benzene rings is 1. The van der Waals surface area contributed by atoms with E-state index in [0.717, 1.165) is 48.8 Å². The third kappa shape index (κ3) is 3.00. The number of carbonyl (C=O) groups excluding carboxylic acids is 1. The van der Waals surface area contributed by atoms with E-state index in [1.807, 2.05) is 23.2 Å². The van der Waals surface area contributed by atoms with Gasteiger partial charge < -0.3 is 9.88 Å². The molecule has 2 heterocycles. The van der Waals surface area contributed by atoms with Crippen molar-refractivity contribution in [2.75, 3.05) is 6.54 Å². The van der Waals surface area contributed by atoms with Gasteiger partial charge in [-0.05, 0) is 61.9 Å². The molecule has 26 heavy (non-hydrogen) atoms. The van der Waals surface area contributed by atoms with Gasteiger partial charge in [-0.25, -0.2) is 0 Å². The van der Waals surface area contributed by atoms with Crippen LogP contribution in [0.3, 0.4) is 0 Å². The monoisotopic (exact) mass is 347 g/mol. The molecule has 1 N–H and O–H groups in total. The number of aromatic amines is 1. The number of amides is 1. The van der Waals surface area contributed by atoms with Gasteiger partial charge in [0, 0.05) is 23.6 Å². The van der Waals surface area contributed by atoms with Crippen molar-refractivity contribution >= 4 is 16.8 Å². The third-order valence-corrected chi connectivity index (χ3v) is 5.28. The molecule has 2 aromatic heterocycles. The predicted octanol–water partition coefficient (Wildman–Crippen LogP) is 4.80. The van der Waals surface area contributed by atoms with E-state index >= 15 is 0 Å². The molecule has 1 aromatic carbocycles. The van der Waals surface area contributed by atoms with Gasteiger partial charge in [-0.15, -0.1) is 0 Å². The van der Waals surface area contributed by atoms with Gasteiger partial charge in [0.2, 0.25) is 0 Å². The van der Waals surface area contributed by atoms with E-state index in [1.54, 1.807) is 0 Å². The summed E-state index contributed by atoms with van der Waals surface area (Å²) < 4.78 is 0. The molecule has 4 heteroatoms. The van der Waals surface area contributed by atoms with Crippen LogP contribution in [0.4, 0.5) is 0 Å². The molecular formula is C22H25N3O. The molecule has 134 valence electrons. The van der Waals surface area contributed by atoms with Gasteiger partial charge in [-0.1, -0.05) is 25.1 Å². The zero-order valence-electron chi connectivity index (χ0n) is 15.5. The Hall–Kier alpha value is -2.62. The fraction of sp³-hybridized carbons (Fsp3) is 0.364. The Bertz CT molecular complexity index is 943. The number of pyridine rings is 1. The number of hydrogen-bond acceptors (Lipinski definition) is 2. The Balaban J connectivity index is 1.71. The summed E-state index contributed by atoms with van der Waals surface area (Å²) in [6, 6.07) is 12.4. The topological polar surface area (TPSA) is 49.0 Å². The van der Waals surface area contributed by atoms with E-state index in [-0.39, 0.29) is 11.9 Å². The second kappa shape index (κ2) is 6.94. The summed E-state index contributed by atoms with van der Waals surface area (Å²) in [5.74, 6) is 0.0733. The summed E-state index contributed by atoms with van der Waals surface area (Å²) in [7, 11) is 0. The molecule has 0 unspecified atom stereocenters. The average molecular weight is 347 g/mol. The fourth-order valence-electron chi connectivity index (χ4n) is 4.04. The summed E-state index contributed by atoms with van der Waals surface area (Å²) in [4.78, 5) is 23.3. The Kier molecular flexibility index (Phi) is 4.49.